The van der Waals surface area contributed by atoms with Crippen molar-refractivity contribution in [3.63, 3.8) is 0 Å². The molecule has 2 aliphatic carbocycles. The second kappa shape index (κ2) is 9.51. The van der Waals surface area contributed by atoms with Crippen LogP contribution in [0.25, 0.3) is 0 Å². The second-order valence-electron chi connectivity index (χ2n) is 11.0. The highest BCUT2D eigenvalue weighted by molar-refractivity contribution is 5.68. The number of carbonyl (C=O) groups is 1. The molecule has 2 heterocycles. The van der Waals surface area contributed by atoms with Gasteiger partial charge in [0.15, 0.2) is 0 Å². The molecule has 6 heteroatoms. The summed E-state index contributed by atoms with van der Waals surface area (Å²) >= 11 is 0. The van der Waals surface area contributed by atoms with Gasteiger partial charge in [-0.15, -0.1) is 0 Å². The number of alkyl carbamates (subject to hydrolysis) is 1. The first-order valence-electron chi connectivity index (χ1n) is 12.6. The number of amides is 1. The van der Waals surface area contributed by atoms with E-state index in [-0.39, 0.29) is 12.1 Å². The molecular formula is C25H42N4O2. The van der Waals surface area contributed by atoms with Gasteiger partial charge in [0.1, 0.15) is 5.60 Å². The molecular weight excluding hydrogens is 388 g/mol. The molecule has 31 heavy (non-hydrogen) atoms. The molecule has 0 spiro atoms. The molecule has 0 bridgehead atoms. The van der Waals surface area contributed by atoms with Gasteiger partial charge in [0.05, 0.1) is 5.69 Å². The van der Waals surface area contributed by atoms with Gasteiger partial charge in [-0.3, -0.25) is 9.58 Å². The second-order valence-corrected chi connectivity index (χ2v) is 11.0. The third-order valence-corrected chi connectivity index (χ3v) is 7.18. The maximum atomic E-state index is 12.0. The molecule has 0 atom stereocenters. The molecule has 0 aromatic carbocycles. The van der Waals surface area contributed by atoms with E-state index in [0.717, 1.165) is 57.2 Å². The standard InChI is InChI=1S/C25H42N4O2/c1-5-23-21-17-28(15-13-22(21)27-29(23)16-19-6-7-19)14-12-18-8-10-20(11-9-18)26-24(30)31-25(2,3)4/h18-20H,5-17H2,1-4H3,(H,26,30). The molecule has 2 fully saturated rings. The van der Waals surface area contributed by atoms with Crippen molar-refractivity contribution in [2.75, 3.05) is 13.1 Å². The number of rotatable bonds is 7. The van der Waals surface area contributed by atoms with Gasteiger partial charge in [-0.25, -0.2) is 4.79 Å². The van der Waals surface area contributed by atoms with Crippen LogP contribution in [0.15, 0.2) is 0 Å². The van der Waals surface area contributed by atoms with E-state index in [2.05, 4.69) is 21.8 Å². The molecule has 0 radical (unpaired) electrons. The molecule has 174 valence electrons. The lowest BCUT2D eigenvalue weighted by molar-refractivity contribution is 0.0485. The van der Waals surface area contributed by atoms with Crippen molar-refractivity contribution in [1.82, 2.24) is 20.0 Å². The Morgan fingerprint density at radius 3 is 2.48 bits per heavy atom. The zero-order chi connectivity index (χ0) is 22.0. The van der Waals surface area contributed by atoms with Crippen molar-refractivity contribution in [1.29, 1.82) is 0 Å². The molecule has 1 amide bonds. The number of ether oxygens (including phenoxy) is 1. The van der Waals surface area contributed by atoms with Crippen LogP contribution in [0, 0.1) is 11.8 Å². The van der Waals surface area contributed by atoms with Crippen molar-refractivity contribution in [3.8, 4) is 0 Å². The minimum Gasteiger partial charge on any atom is -0.444 e. The Bertz CT molecular complexity index is 754. The SMILES string of the molecule is CCc1c2c(nn1CC1CC1)CCN(CCC1CCC(NC(=O)OC(C)(C)C)CC1)C2. The number of carbonyl (C=O) groups excluding carboxylic acids is 1. The summed E-state index contributed by atoms with van der Waals surface area (Å²) in [5, 5.41) is 8.05. The van der Waals surface area contributed by atoms with Crippen LogP contribution in [-0.4, -0.2) is 45.5 Å². The van der Waals surface area contributed by atoms with E-state index in [1.54, 1.807) is 0 Å². The molecule has 2 saturated carbocycles. The predicted octanol–water partition coefficient (Wildman–Crippen LogP) is 4.69. The minimum atomic E-state index is -0.429. The van der Waals surface area contributed by atoms with Gasteiger partial charge in [0, 0.05) is 43.4 Å². The van der Waals surface area contributed by atoms with Gasteiger partial charge in [-0.2, -0.15) is 5.10 Å². The van der Waals surface area contributed by atoms with Gasteiger partial charge in [0.2, 0.25) is 0 Å². The number of nitrogens with one attached hydrogen (secondary N) is 1. The van der Waals surface area contributed by atoms with Crippen molar-refractivity contribution in [2.45, 2.75) is 110 Å². The number of nitrogens with zero attached hydrogens (tertiary/aromatic N) is 3. The number of aromatic nitrogens is 2. The fraction of sp³-hybridized carbons (Fsp3) is 0.840. The van der Waals surface area contributed by atoms with E-state index in [1.165, 1.54) is 55.6 Å². The van der Waals surface area contributed by atoms with Crippen molar-refractivity contribution in [3.05, 3.63) is 17.0 Å². The molecule has 1 N–H and O–H groups in total. The summed E-state index contributed by atoms with van der Waals surface area (Å²) < 4.78 is 7.74. The van der Waals surface area contributed by atoms with Crippen LogP contribution in [0.4, 0.5) is 4.79 Å². The summed E-state index contributed by atoms with van der Waals surface area (Å²) in [5.74, 6) is 1.66. The number of hydrogen-bond donors (Lipinski definition) is 1. The van der Waals surface area contributed by atoms with Crippen molar-refractivity contribution >= 4 is 6.09 Å². The molecule has 1 aromatic heterocycles. The summed E-state index contributed by atoms with van der Waals surface area (Å²) in [6, 6.07) is 0.271. The van der Waals surface area contributed by atoms with Crippen molar-refractivity contribution in [2.24, 2.45) is 11.8 Å². The summed E-state index contributed by atoms with van der Waals surface area (Å²) in [7, 11) is 0. The topological polar surface area (TPSA) is 59.4 Å². The minimum absolute atomic E-state index is 0.269. The molecule has 3 aliphatic rings. The van der Waals surface area contributed by atoms with Gasteiger partial charge in [-0.1, -0.05) is 6.92 Å². The normalized spacial score (nSPS) is 24.6. The number of fused-ring (bicyclic) bond motifs is 1. The lowest BCUT2D eigenvalue weighted by Gasteiger charge is -2.32. The summed E-state index contributed by atoms with van der Waals surface area (Å²) in [6.45, 7) is 12.6. The average Bonchev–Trinajstić information content (AvgIpc) is 3.45. The molecule has 1 aromatic rings. The monoisotopic (exact) mass is 430 g/mol. The molecule has 4 rings (SSSR count). The van der Waals surface area contributed by atoms with Gasteiger partial charge in [-0.05, 0) is 90.5 Å². The third kappa shape index (κ3) is 6.24. The van der Waals surface area contributed by atoms with E-state index in [4.69, 9.17) is 9.84 Å². The quantitative estimate of drug-likeness (QED) is 0.682. The van der Waals surface area contributed by atoms with Crippen LogP contribution in [0.1, 0.15) is 89.6 Å². The molecule has 0 saturated heterocycles. The van der Waals surface area contributed by atoms with E-state index in [0.29, 0.717) is 0 Å². The Labute approximate surface area is 188 Å². The molecule has 0 unspecified atom stereocenters. The van der Waals surface area contributed by atoms with Crippen LogP contribution in [0.3, 0.4) is 0 Å². The van der Waals surface area contributed by atoms with E-state index >= 15 is 0 Å². The fourth-order valence-corrected chi connectivity index (χ4v) is 5.26. The van der Waals surface area contributed by atoms with E-state index in [9.17, 15) is 4.79 Å². The maximum absolute atomic E-state index is 12.0. The Morgan fingerprint density at radius 1 is 1.13 bits per heavy atom. The first-order chi connectivity index (χ1) is 14.8. The van der Waals surface area contributed by atoms with Crippen molar-refractivity contribution < 1.29 is 9.53 Å². The summed E-state index contributed by atoms with van der Waals surface area (Å²) in [4.78, 5) is 14.7. The lowest BCUT2D eigenvalue weighted by Crippen LogP contribution is -2.41. The highest BCUT2D eigenvalue weighted by Gasteiger charge is 2.29. The van der Waals surface area contributed by atoms with Gasteiger partial charge < -0.3 is 10.1 Å². The highest BCUT2D eigenvalue weighted by atomic mass is 16.6. The zero-order valence-electron chi connectivity index (χ0n) is 20.1. The smallest absolute Gasteiger partial charge is 0.407 e. The van der Waals surface area contributed by atoms with E-state index < -0.39 is 5.60 Å². The van der Waals surface area contributed by atoms with Crippen LogP contribution >= 0.6 is 0 Å². The largest absolute Gasteiger partial charge is 0.444 e. The van der Waals surface area contributed by atoms with Crippen LogP contribution < -0.4 is 5.32 Å². The average molecular weight is 431 g/mol. The van der Waals surface area contributed by atoms with Crippen LogP contribution in [0.2, 0.25) is 0 Å². The predicted molar refractivity (Wildman–Crippen MR) is 123 cm³/mol. The van der Waals surface area contributed by atoms with Gasteiger partial charge in [0.25, 0.3) is 0 Å². The summed E-state index contributed by atoms with van der Waals surface area (Å²) in [5.41, 5.74) is 3.95. The first-order valence-corrected chi connectivity index (χ1v) is 12.6. The maximum Gasteiger partial charge on any atom is 0.407 e. The molecule has 1 aliphatic heterocycles. The van der Waals surface area contributed by atoms with Crippen LogP contribution in [0.5, 0.6) is 0 Å². The Balaban J connectivity index is 1.21. The first kappa shape index (κ1) is 22.6. The van der Waals surface area contributed by atoms with Crippen LogP contribution in [-0.2, 0) is 30.7 Å². The van der Waals surface area contributed by atoms with E-state index in [1.807, 2.05) is 20.8 Å². The third-order valence-electron chi connectivity index (χ3n) is 7.18. The Hall–Kier alpha value is -1.56. The molecule has 6 nitrogen and oxygen atoms in total. The Morgan fingerprint density at radius 2 is 1.84 bits per heavy atom. The zero-order valence-corrected chi connectivity index (χ0v) is 20.1. The lowest BCUT2D eigenvalue weighted by atomic mass is 9.84. The highest BCUT2D eigenvalue weighted by Crippen LogP contribution is 2.33. The Kier molecular flexibility index (Phi) is 6.95. The van der Waals surface area contributed by atoms with Gasteiger partial charge >= 0.3 is 6.09 Å². The summed E-state index contributed by atoms with van der Waals surface area (Å²) in [6.07, 6.45) is 10.5. The number of hydrogen-bond acceptors (Lipinski definition) is 4. The fourth-order valence-electron chi connectivity index (χ4n) is 5.26.